The third-order valence-electron chi connectivity index (χ3n) is 3.80. The van der Waals surface area contributed by atoms with Gasteiger partial charge in [-0.3, -0.25) is 4.21 Å². The molecule has 1 saturated carbocycles. The van der Waals surface area contributed by atoms with Crippen molar-refractivity contribution in [3.63, 3.8) is 0 Å². The molecular formula is C11H21NO2S. The summed E-state index contributed by atoms with van der Waals surface area (Å²) in [7, 11) is 1.27. The van der Waals surface area contributed by atoms with Gasteiger partial charge in [0.2, 0.25) is 0 Å². The fraction of sp³-hybridized carbons (Fsp3) is 1.00. The monoisotopic (exact) mass is 231 g/mol. The van der Waals surface area contributed by atoms with E-state index in [1.54, 1.807) is 0 Å². The first-order chi connectivity index (χ1) is 7.24. The normalized spacial score (nSPS) is 34.7. The average Bonchev–Trinajstić information content (AvgIpc) is 2.20. The van der Waals surface area contributed by atoms with Gasteiger partial charge in [-0.1, -0.05) is 0 Å². The highest BCUT2D eigenvalue weighted by Crippen LogP contribution is 2.34. The minimum atomic E-state index is -0.546. The second-order valence-electron chi connectivity index (χ2n) is 4.74. The maximum atomic E-state index is 11.2. The molecule has 2 aliphatic rings. The van der Waals surface area contributed by atoms with E-state index >= 15 is 0 Å². The number of hydrogen-bond donors (Lipinski definition) is 1. The van der Waals surface area contributed by atoms with Crippen LogP contribution in [0.25, 0.3) is 0 Å². The largest absolute Gasteiger partial charge is 0.377 e. The summed E-state index contributed by atoms with van der Waals surface area (Å²) in [5.74, 6) is 1.75. The Balaban J connectivity index is 1.71. The second-order valence-corrected chi connectivity index (χ2v) is 6.44. The Labute approximate surface area is 94.4 Å². The molecule has 0 unspecified atom stereocenters. The third kappa shape index (κ3) is 2.80. The molecule has 1 aliphatic heterocycles. The molecule has 1 heterocycles. The standard InChI is InChI=1S/C11H21NO2S/c1-14-11(5-2-6-11)9-12-10-3-7-15(13)8-4-10/h10,12H,2-9H2,1H3. The predicted molar refractivity (Wildman–Crippen MR) is 62.5 cm³/mol. The zero-order valence-electron chi connectivity index (χ0n) is 9.46. The van der Waals surface area contributed by atoms with E-state index < -0.39 is 10.8 Å². The highest BCUT2D eigenvalue weighted by molar-refractivity contribution is 7.85. The van der Waals surface area contributed by atoms with Crippen LogP contribution in [0.2, 0.25) is 0 Å². The lowest BCUT2D eigenvalue weighted by atomic mass is 9.80. The topological polar surface area (TPSA) is 38.3 Å². The third-order valence-corrected chi connectivity index (χ3v) is 5.18. The smallest absolute Gasteiger partial charge is 0.0802 e. The summed E-state index contributed by atoms with van der Waals surface area (Å²) in [6.07, 6.45) is 5.80. The lowest BCUT2D eigenvalue weighted by molar-refractivity contribution is -0.0709. The highest BCUT2D eigenvalue weighted by atomic mass is 32.2. The maximum Gasteiger partial charge on any atom is 0.0802 e. The first-order valence-corrected chi connectivity index (χ1v) is 7.36. The van der Waals surface area contributed by atoms with Gasteiger partial charge in [-0.15, -0.1) is 0 Å². The molecule has 0 aromatic heterocycles. The molecule has 0 spiro atoms. The molecule has 1 saturated heterocycles. The van der Waals surface area contributed by atoms with Crippen LogP contribution in [0.15, 0.2) is 0 Å². The summed E-state index contributed by atoms with van der Waals surface area (Å²) in [6.45, 7) is 0.973. The van der Waals surface area contributed by atoms with E-state index in [-0.39, 0.29) is 5.60 Å². The second kappa shape index (κ2) is 4.93. The number of ether oxygens (including phenoxy) is 1. The van der Waals surface area contributed by atoms with Gasteiger partial charge in [0.05, 0.1) is 5.60 Å². The molecule has 15 heavy (non-hydrogen) atoms. The van der Waals surface area contributed by atoms with Gasteiger partial charge in [-0.05, 0) is 32.1 Å². The Morgan fingerprint density at radius 1 is 1.40 bits per heavy atom. The van der Waals surface area contributed by atoms with Crippen molar-refractivity contribution >= 4 is 10.8 Å². The molecule has 0 aromatic rings. The first-order valence-electron chi connectivity index (χ1n) is 5.88. The van der Waals surface area contributed by atoms with Crippen LogP contribution in [-0.2, 0) is 15.5 Å². The minimum Gasteiger partial charge on any atom is -0.377 e. The van der Waals surface area contributed by atoms with Crippen LogP contribution in [0, 0.1) is 0 Å². The lowest BCUT2D eigenvalue weighted by Crippen LogP contribution is -2.51. The fourth-order valence-electron chi connectivity index (χ4n) is 2.35. The van der Waals surface area contributed by atoms with E-state index in [4.69, 9.17) is 4.74 Å². The molecule has 88 valence electrons. The minimum absolute atomic E-state index is 0.122. The van der Waals surface area contributed by atoms with Crippen LogP contribution in [-0.4, -0.2) is 41.0 Å². The Morgan fingerprint density at radius 2 is 2.07 bits per heavy atom. The Hall–Kier alpha value is 0.0700. The Morgan fingerprint density at radius 3 is 2.53 bits per heavy atom. The zero-order valence-corrected chi connectivity index (χ0v) is 10.3. The summed E-state index contributed by atoms with van der Waals surface area (Å²) in [4.78, 5) is 0. The molecular weight excluding hydrogens is 210 g/mol. The van der Waals surface area contributed by atoms with Crippen LogP contribution in [0.3, 0.4) is 0 Å². The van der Waals surface area contributed by atoms with Gasteiger partial charge in [-0.2, -0.15) is 0 Å². The fourth-order valence-corrected chi connectivity index (χ4v) is 3.65. The quantitative estimate of drug-likeness (QED) is 0.786. The summed E-state index contributed by atoms with van der Waals surface area (Å²) in [5, 5.41) is 3.58. The Kier molecular flexibility index (Phi) is 3.80. The summed E-state index contributed by atoms with van der Waals surface area (Å²) in [5.41, 5.74) is 0.122. The Bertz CT molecular complexity index is 225. The van der Waals surface area contributed by atoms with Crippen LogP contribution < -0.4 is 5.32 Å². The maximum absolute atomic E-state index is 11.2. The van der Waals surface area contributed by atoms with Crippen molar-refractivity contribution in [3.05, 3.63) is 0 Å². The molecule has 0 amide bonds. The van der Waals surface area contributed by atoms with Crippen LogP contribution in [0.1, 0.15) is 32.1 Å². The van der Waals surface area contributed by atoms with Gasteiger partial charge in [0.15, 0.2) is 0 Å². The number of nitrogens with one attached hydrogen (secondary N) is 1. The average molecular weight is 231 g/mol. The highest BCUT2D eigenvalue weighted by Gasteiger charge is 2.37. The van der Waals surface area contributed by atoms with Crippen LogP contribution in [0.4, 0.5) is 0 Å². The van der Waals surface area contributed by atoms with Crippen molar-refractivity contribution in [1.82, 2.24) is 5.32 Å². The molecule has 0 bridgehead atoms. The van der Waals surface area contributed by atoms with Crippen molar-refractivity contribution in [1.29, 1.82) is 0 Å². The molecule has 2 rings (SSSR count). The lowest BCUT2D eigenvalue weighted by Gasteiger charge is -2.42. The molecule has 1 aliphatic carbocycles. The number of rotatable bonds is 4. The van der Waals surface area contributed by atoms with E-state index in [1.807, 2.05) is 7.11 Å². The van der Waals surface area contributed by atoms with E-state index in [9.17, 15) is 4.21 Å². The molecule has 3 nitrogen and oxygen atoms in total. The van der Waals surface area contributed by atoms with Crippen molar-refractivity contribution < 1.29 is 8.95 Å². The van der Waals surface area contributed by atoms with E-state index in [1.165, 1.54) is 19.3 Å². The molecule has 0 atom stereocenters. The number of methoxy groups -OCH3 is 1. The SMILES string of the molecule is COC1(CNC2CCS(=O)CC2)CCC1. The van der Waals surface area contributed by atoms with Gasteiger partial charge < -0.3 is 10.1 Å². The van der Waals surface area contributed by atoms with Gasteiger partial charge in [0.25, 0.3) is 0 Å². The van der Waals surface area contributed by atoms with Gasteiger partial charge in [0, 0.05) is 42.0 Å². The van der Waals surface area contributed by atoms with Crippen molar-refractivity contribution in [2.45, 2.75) is 43.7 Å². The molecule has 0 aromatic carbocycles. The van der Waals surface area contributed by atoms with E-state index in [2.05, 4.69) is 5.32 Å². The van der Waals surface area contributed by atoms with E-state index in [0.29, 0.717) is 6.04 Å². The summed E-state index contributed by atoms with van der Waals surface area (Å²) >= 11 is 0. The van der Waals surface area contributed by atoms with Crippen LogP contribution in [0.5, 0.6) is 0 Å². The predicted octanol–water partition coefficient (Wildman–Crippen LogP) is 1.06. The summed E-state index contributed by atoms with van der Waals surface area (Å²) < 4.78 is 16.8. The zero-order chi connectivity index (χ0) is 10.7. The van der Waals surface area contributed by atoms with Gasteiger partial charge in [-0.25, -0.2) is 0 Å². The van der Waals surface area contributed by atoms with Crippen molar-refractivity contribution in [2.24, 2.45) is 0 Å². The molecule has 0 radical (unpaired) electrons. The number of hydrogen-bond acceptors (Lipinski definition) is 3. The molecule has 2 fully saturated rings. The van der Waals surface area contributed by atoms with E-state index in [0.717, 1.165) is 30.9 Å². The van der Waals surface area contributed by atoms with Crippen molar-refractivity contribution in [2.75, 3.05) is 25.2 Å². The summed E-state index contributed by atoms with van der Waals surface area (Å²) in [6, 6.07) is 0.565. The first kappa shape index (κ1) is 11.6. The van der Waals surface area contributed by atoms with Gasteiger partial charge >= 0.3 is 0 Å². The molecule has 4 heteroatoms. The van der Waals surface area contributed by atoms with Gasteiger partial charge in [0.1, 0.15) is 0 Å². The molecule has 1 N–H and O–H groups in total. The van der Waals surface area contributed by atoms with Crippen molar-refractivity contribution in [3.8, 4) is 0 Å². The van der Waals surface area contributed by atoms with Crippen LogP contribution >= 0.6 is 0 Å².